The zero-order chi connectivity index (χ0) is 14.4. The molecule has 0 saturated heterocycles. The van der Waals surface area contributed by atoms with Crippen molar-refractivity contribution in [3.63, 3.8) is 0 Å². The van der Waals surface area contributed by atoms with Crippen molar-refractivity contribution in [3.8, 4) is 0 Å². The first-order chi connectivity index (χ1) is 9.69. The third-order valence-electron chi connectivity index (χ3n) is 4.49. The molecule has 1 nitrogen and oxygen atoms in total. The fourth-order valence-electron chi connectivity index (χ4n) is 3.12. The van der Waals surface area contributed by atoms with Crippen molar-refractivity contribution in [2.75, 3.05) is 0 Å². The molecule has 1 fully saturated rings. The normalized spacial score (nSPS) is 23.4. The van der Waals surface area contributed by atoms with E-state index in [0.29, 0.717) is 18.0 Å². The van der Waals surface area contributed by atoms with Crippen LogP contribution < -0.4 is 5.32 Å². The summed E-state index contributed by atoms with van der Waals surface area (Å²) < 4.78 is 12.9. The second-order valence-electron chi connectivity index (χ2n) is 6.33. The number of halogens is 1. The van der Waals surface area contributed by atoms with Crippen LogP contribution in [0.25, 0.3) is 0 Å². The monoisotopic (exact) mass is 277 g/mol. The molecule has 1 aromatic carbocycles. The summed E-state index contributed by atoms with van der Waals surface area (Å²) in [6, 6.07) is 8.31. The average molecular weight is 277 g/mol. The molecular formula is C18H28FN. The van der Waals surface area contributed by atoms with Crippen molar-refractivity contribution in [1.29, 1.82) is 0 Å². The van der Waals surface area contributed by atoms with E-state index in [1.807, 2.05) is 12.1 Å². The first-order valence-electron chi connectivity index (χ1n) is 8.20. The highest BCUT2D eigenvalue weighted by Crippen LogP contribution is 2.37. The number of unbranched alkanes of at least 4 members (excludes halogenated alkanes) is 3. The zero-order valence-electron chi connectivity index (χ0n) is 12.9. The van der Waals surface area contributed by atoms with Gasteiger partial charge >= 0.3 is 0 Å². The van der Waals surface area contributed by atoms with Gasteiger partial charge in [0.2, 0.25) is 0 Å². The van der Waals surface area contributed by atoms with Crippen LogP contribution in [0.4, 0.5) is 4.39 Å². The Morgan fingerprint density at radius 3 is 2.50 bits per heavy atom. The molecule has 0 aromatic heterocycles. The van der Waals surface area contributed by atoms with Crippen LogP contribution in [0.3, 0.4) is 0 Å². The number of benzene rings is 1. The second-order valence-corrected chi connectivity index (χ2v) is 6.33. The molecule has 1 aliphatic rings. The standard InChI is InChI=1S/C18H28FN/c1-3-4-5-6-7-14(2)20-18-12-16(13-18)15-8-10-17(19)11-9-15/h8-11,14,16,18,20H,3-7,12-13H2,1-2H3. The Balaban J connectivity index is 1.62. The van der Waals surface area contributed by atoms with Crippen molar-refractivity contribution >= 4 is 0 Å². The number of rotatable bonds is 8. The molecule has 1 atom stereocenters. The van der Waals surface area contributed by atoms with E-state index in [2.05, 4.69) is 19.2 Å². The predicted octanol–water partition coefficient (Wildman–Crippen LogP) is 5.02. The molecule has 0 bridgehead atoms. The van der Waals surface area contributed by atoms with E-state index >= 15 is 0 Å². The van der Waals surface area contributed by atoms with E-state index in [9.17, 15) is 4.39 Å². The fourth-order valence-corrected chi connectivity index (χ4v) is 3.12. The Hall–Kier alpha value is -0.890. The molecule has 0 amide bonds. The molecular weight excluding hydrogens is 249 g/mol. The SMILES string of the molecule is CCCCCCC(C)NC1CC(c2ccc(F)cc2)C1. The van der Waals surface area contributed by atoms with E-state index in [-0.39, 0.29) is 5.82 Å². The predicted molar refractivity (Wildman–Crippen MR) is 83.5 cm³/mol. The average Bonchev–Trinajstić information content (AvgIpc) is 2.40. The van der Waals surface area contributed by atoms with Gasteiger partial charge in [0, 0.05) is 12.1 Å². The summed E-state index contributed by atoms with van der Waals surface area (Å²) in [6.07, 6.45) is 9.07. The van der Waals surface area contributed by atoms with Crippen LogP contribution in [0.5, 0.6) is 0 Å². The van der Waals surface area contributed by atoms with Crippen molar-refractivity contribution < 1.29 is 4.39 Å². The van der Waals surface area contributed by atoms with Crippen LogP contribution in [0.2, 0.25) is 0 Å². The van der Waals surface area contributed by atoms with Crippen molar-refractivity contribution in [2.45, 2.75) is 76.8 Å². The quantitative estimate of drug-likeness (QED) is 0.658. The lowest BCUT2D eigenvalue weighted by molar-refractivity contribution is 0.263. The van der Waals surface area contributed by atoms with E-state index in [4.69, 9.17) is 0 Å². The lowest BCUT2D eigenvalue weighted by Crippen LogP contribution is -2.44. The topological polar surface area (TPSA) is 12.0 Å². The van der Waals surface area contributed by atoms with E-state index < -0.39 is 0 Å². The lowest BCUT2D eigenvalue weighted by atomic mass is 9.75. The van der Waals surface area contributed by atoms with Crippen LogP contribution in [-0.2, 0) is 0 Å². The van der Waals surface area contributed by atoms with Gasteiger partial charge in [0.05, 0.1) is 0 Å². The molecule has 1 unspecified atom stereocenters. The fraction of sp³-hybridized carbons (Fsp3) is 0.667. The van der Waals surface area contributed by atoms with Gasteiger partial charge < -0.3 is 5.32 Å². The molecule has 1 saturated carbocycles. The highest BCUT2D eigenvalue weighted by atomic mass is 19.1. The number of hydrogen-bond acceptors (Lipinski definition) is 1. The molecule has 20 heavy (non-hydrogen) atoms. The molecule has 0 heterocycles. The maximum atomic E-state index is 12.9. The minimum atomic E-state index is -0.136. The van der Waals surface area contributed by atoms with Gasteiger partial charge in [0.15, 0.2) is 0 Å². The first-order valence-corrected chi connectivity index (χ1v) is 8.20. The first kappa shape index (κ1) is 15.5. The minimum Gasteiger partial charge on any atom is -0.311 e. The van der Waals surface area contributed by atoms with E-state index in [1.165, 1.54) is 50.5 Å². The molecule has 0 spiro atoms. The molecule has 1 aliphatic carbocycles. The van der Waals surface area contributed by atoms with Gasteiger partial charge in [0.1, 0.15) is 5.82 Å². The summed E-state index contributed by atoms with van der Waals surface area (Å²) in [4.78, 5) is 0. The van der Waals surface area contributed by atoms with E-state index in [0.717, 1.165) is 0 Å². The Morgan fingerprint density at radius 1 is 1.15 bits per heavy atom. The summed E-state index contributed by atoms with van der Waals surface area (Å²) >= 11 is 0. The van der Waals surface area contributed by atoms with Crippen molar-refractivity contribution in [2.24, 2.45) is 0 Å². The third-order valence-corrected chi connectivity index (χ3v) is 4.49. The van der Waals surface area contributed by atoms with Gasteiger partial charge in [-0.05, 0) is 49.8 Å². The molecule has 112 valence electrons. The number of nitrogens with one attached hydrogen (secondary N) is 1. The highest BCUT2D eigenvalue weighted by Gasteiger charge is 2.30. The molecule has 2 rings (SSSR count). The van der Waals surface area contributed by atoms with Gasteiger partial charge in [-0.2, -0.15) is 0 Å². The lowest BCUT2D eigenvalue weighted by Gasteiger charge is -2.38. The molecule has 0 radical (unpaired) electrons. The second kappa shape index (κ2) is 7.78. The summed E-state index contributed by atoms with van der Waals surface area (Å²) in [7, 11) is 0. The summed E-state index contributed by atoms with van der Waals surface area (Å²) in [5.41, 5.74) is 1.29. The third kappa shape index (κ3) is 4.59. The highest BCUT2D eigenvalue weighted by molar-refractivity contribution is 5.23. The molecule has 1 N–H and O–H groups in total. The summed E-state index contributed by atoms with van der Waals surface area (Å²) in [5, 5.41) is 3.73. The van der Waals surface area contributed by atoms with Crippen LogP contribution in [-0.4, -0.2) is 12.1 Å². The van der Waals surface area contributed by atoms with Crippen LogP contribution in [0.1, 0.15) is 70.3 Å². The summed E-state index contributed by atoms with van der Waals surface area (Å²) in [6.45, 7) is 4.56. The maximum absolute atomic E-state index is 12.9. The van der Waals surface area contributed by atoms with Gasteiger partial charge in [-0.15, -0.1) is 0 Å². The van der Waals surface area contributed by atoms with Gasteiger partial charge in [-0.1, -0.05) is 44.7 Å². The Bertz CT molecular complexity index is 381. The number of hydrogen-bond donors (Lipinski definition) is 1. The van der Waals surface area contributed by atoms with Crippen LogP contribution >= 0.6 is 0 Å². The zero-order valence-corrected chi connectivity index (χ0v) is 12.9. The molecule has 1 aromatic rings. The molecule has 0 aliphatic heterocycles. The molecule has 2 heteroatoms. The smallest absolute Gasteiger partial charge is 0.123 e. The van der Waals surface area contributed by atoms with Crippen molar-refractivity contribution in [1.82, 2.24) is 5.32 Å². The largest absolute Gasteiger partial charge is 0.311 e. The maximum Gasteiger partial charge on any atom is 0.123 e. The van der Waals surface area contributed by atoms with Crippen molar-refractivity contribution in [3.05, 3.63) is 35.6 Å². The van der Waals surface area contributed by atoms with Gasteiger partial charge in [0.25, 0.3) is 0 Å². The van der Waals surface area contributed by atoms with Crippen LogP contribution in [0.15, 0.2) is 24.3 Å². The summed E-state index contributed by atoms with van der Waals surface area (Å²) in [5.74, 6) is 0.490. The minimum absolute atomic E-state index is 0.136. The van der Waals surface area contributed by atoms with Gasteiger partial charge in [-0.3, -0.25) is 0 Å². The van der Waals surface area contributed by atoms with Gasteiger partial charge in [-0.25, -0.2) is 4.39 Å². The van der Waals surface area contributed by atoms with Crippen LogP contribution in [0, 0.1) is 5.82 Å². The van der Waals surface area contributed by atoms with E-state index in [1.54, 1.807) is 12.1 Å². The Morgan fingerprint density at radius 2 is 1.85 bits per heavy atom. The Kier molecular flexibility index (Phi) is 6.03. The Labute approximate surface area is 123 Å².